The molecule has 0 fully saturated rings. The van der Waals surface area contributed by atoms with E-state index in [1.54, 1.807) is 6.07 Å². The normalized spacial score (nSPS) is 12.1. The topological polar surface area (TPSA) is 66.4 Å². The quantitative estimate of drug-likeness (QED) is 0.576. The third-order valence-electron chi connectivity index (χ3n) is 3.31. The summed E-state index contributed by atoms with van der Waals surface area (Å²) in [6, 6.07) is 13.0. The fraction of sp³-hybridized carbons (Fsp3) is 0.111. The second-order valence-electron chi connectivity index (χ2n) is 5.07. The van der Waals surface area contributed by atoms with Crippen molar-refractivity contribution in [2.45, 2.75) is 12.5 Å². The molecule has 0 saturated heterocycles. The smallest absolute Gasteiger partial charge is 0.326 e. The van der Waals surface area contributed by atoms with E-state index >= 15 is 0 Å². The predicted octanol–water partition coefficient (Wildman–Crippen LogP) is 3.98. The monoisotopic (exact) mass is 363 g/mol. The van der Waals surface area contributed by atoms with Gasteiger partial charge in [0.1, 0.15) is 6.04 Å². The van der Waals surface area contributed by atoms with Gasteiger partial charge in [0, 0.05) is 29.3 Å². The fourth-order valence-corrected chi connectivity index (χ4v) is 2.59. The Morgan fingerprint density at radius 1 is 1.12 bits per heavy atom. The van der Waals surface area contributed by atoms with E-state index in [9.17, 15) is 14.7 Å². The number of carboxylic acid groups (broad SMARTS) is 1. The SMILES string of the molecule is O=C(/C=C\N[C@@H](Cc1ccccc1)C(=O)O)c1ccc(Cl)cc1Cl. The molecule has 2 rings (SSSR count). The van der Waals surface area contributed by atoms with Gasteiger partial charge in [-0.2, -0.15) is 0 Å². The predicted molar refractivity (Wildman–Crippen MR) is 94.6 cm³/mol. The summed E-state index contributed by atoms with van der Waals surface area (Å²) < 4.78 is 0. The van der Waals surface area contributed by atoms with Crippen LogP contribution < -0.4 is 5.32 Å². The third-order valence-corrected chi connectivity index (χ3v) is 3.86. The van der Waals surface area contributed by atoms with Crippen molar-refractivity contribution in [3.05, 3.63) is 82.0 Å². The van der Waals surface area contributed by atoms with Crippen molar-refractivity contribution >= 4 is 35.0 Å². The summed E-state index contributed by atoms with van der Waals surface area (Å²) >= 11 is 11.8. The van der Waals surface area contributed by atoms with E-state index in [0.29, 0.717) is 17.0 Å². The van der Waals surface area contributed by atoms with Gasteiger partial charge in [-0.1, -0.05) is 53.5 Å². The Bertz CT molecular complexity index is 760. The lowest BCUT2D eigenvalue weighted by atomic mass is 10.1. The molecule has 24 heavy (non-hydrogen) atoms. The van der Waals surface area contributed by atoms with Gasteiger partial charge in [0.05, 0.1) is 5.02 Å². The molecule has 2 N–H and O–H groups in total. The van der Waals surface area contributed by atoms with Crippen molar-refractivity contribution in [3.63, 3.8) is 0 Å². The maximum absolute atomic E-state index is 12.1. The molecule has 0 radical (unpaired) electrons. The third kappa shape index (κ3) is 5.11. The van der Waals surface area contributed by atoms with E-state index in [-0.39, 0.29) is 10.8 Å². The zero-order valence-electron chi connectivity index (χ0n) is 12.6. The van der Waals surface area contributed by atoms with Crippen LogP contribution in [0.2, 0.25) is 10.0 Å². The van der Waals surface area contributed by atoms with Gasteiger partial charge in [-0.25, -0.2) is 4.79 Å². The molecule has 0 heterocycles. The van der Waals surface area contributed by atoms with Crippen LogP contribution in [0.1, 0.15) is 15.9 Å². The standard InChI is InChI=1S/C18H15Cl2NO3/c19-13-6-7-14(15(20)11-13)17(22)8-9-21-16(18(23)24)10-12-4-2-1-3-5-12/h1-9,11,16,21H,10H2,(H,23,24)/b9-8-/t16-/m0/s1. The Kier molecular flexibility index (Phi) is 6.41. The van der Waals surface area contributed by atoms with Gasteiger partial charge < -0.3 is 10.4 Å². The molecule has 2 aromatic carbocycles. The maximum Gasteiger partial charge on any atom is 0.326 e. The second-order valence-corrected chi connectivity index (χ2v) is 5.91. The number of carbonyl (C=O) groups excluding carboxylic acids is 1. The van der Waals surface area contributed by atoms with Crippen LogP contribution in [0.5, 0.6) is 0 Å². The highest BCUT2D eigenvalue weighted by atomic mass is 35.5. The number of rotatable bonds is 7. The summed E-state index contributed by atoms with van der Waals surface area (Å²) in [5.41, 5.74) is 1.19. The highest BCUT2D eigenvalue weighted by molar-refractivity contribution is 6.37. The summed E-state index contributed by atoms with van der Waals surface area (Å²) in [5, 5.41) is 12.7. The molecule has 0 unspecified atom stereocenters. The van der Waals surface area contributed by atoms with E-state index in [2.05, 4.69) is 5.32 Å². The van der Waals surface area contributed by atoms with Crippen LogP contribution in [0, 0.1) is 0 Å². The number of hydrogen-bond donors (Lipinski definition) is 2. The molecule has 1 atom stereocenters. The molecule has 6 heteroatoms. The van der Waals surface area contributed by atoms with Crippen molar-refractivity contribution in [3.8, 4) is 0 Å². The molecule has 0 aromatic heterocycles. The maximum atomic E-state index is 12.1. The number of ketones is 1. The summed E-state index contributed by atoms with van der Waals surface area (Å²) in [5.74, 6) is -1.34. The summed E-state index contributed by atoms with van der Waals surface area (Å²) in [7, 11) is 0. The van der Waals surface area contributed by atoms with Crippen molar-refractivity contribution in [1.82, 2.24) is 5.32 Å². The summed E-state index contributed by atoms with van der Waals surface area (Å²) in [6.45, 7) is 0. The largest absolute Gasteiger partial charge is 0.480 e. The Labute approximate surface area is 149 Å². The number of carboxylic acids is 1. The minimum Gasteiger partial charge on any atom is -0.480 e. The van der Waals surface area contributed by atoms with Gasteiger partial charge in [0.2, 0.25) is 0 Å². The fourth-order valence-electron chi connectivity index (χ4n) is 2.09. The summed E-state index contributed by atoms with van der Waals surface area (Å²) in [6.07, 6.45) is 2.88. The first-order chi connectivity index (χ1) is 11.5. The van der Waals surface area contributed by atoms with Crippen molar-refractivity contribution < 1.29 is 14.7 Å². The average molecular weight is 364 g/mol. The lowest BCUT2D eigenvalue weighted by molar-refractivity contribution is -0.139. The number of halogens is 2. The Morgan fingerprint density at radius 2 is 1.83 bits per heavy atom. The van der Waals surface area contributed by atoms with Gasteiger partial charge in [0.15, 0.2) is 5.78 Å². The Hall–Kier alpha value is -2.30. The Balaban J connectivity index is 2.01. The number of nitrogens with one attached hydrogen (secondary N) is 1. The number of hydrogen-bond acceptors (Lipinski definition) is 3. The first-order valence-electron chi connectivity index (χ1n) is 7.16. The molecule has 0 aliphatic carbocycles. The van der Waals surface area contributed by atoms with E-state index in [0.717, 1.165) is 5.56 Å². The molecule has 0 spiro atoms. The first-order valence-corrected chi connectivity index (χ1v) is 7.91. The Morgan fingerprint density at radius 3 is 2.46 bits per heavy atom. The molecule has 0 aliphatic rings. The molecule has 0 bridgehead atoms. The van der Waals surface area contributed by atoms with E-state index in [1.165, 1.54) is 24.4 Å². The molecular weight excluding hydrogens is 349 g/mol. The number of allylic oxidation sites excluding steroid dienone is 1. The van der Waals surface area contributed by atoms with Gasteiger partial charge in [-0.3, -0.25) is 4.79 Å². The molecule has 0 saturated carbocycles. The minimum atomic E-state index is -1.000. The van der Waals surface area contributed by atoms with E-state index < -0.39 is 12.0 Å². The molecule has 0 amide bonds. The van der Waals surface area contributed by atoms with Crippen molar-refractivity contribution in [2.75, 3.05) is 0 Å². The zero-order valence-corrected chi connectivity index (χ0v) is 14.1. The van der Waals surface area contributed by atoms with Crippen LogP contribution in [0.4, 0.5) is 0 Å². The van der Waals surface area contributed by atoms with Crippen LogP contribution in [0.25, 0.3) is 0 Å². The van der Waals surface area contributed by atoms with Crippen molar-refractivity contribution in [1.29, 1.82) is 0 Å². The van der Waals surface area contributed by atoms with Crippen LogP contribution in [0.3, 0.4) is 0 Å². The summed E-state index contributed by atoms with van der Waals surface area (Å²) in [4.78, 5) is 23.4. The van der Waals surface area contributed by atoms with Crippen LogP contribution in [-0.4, -0.2) is 22.9 Å². The van der Waals surface area contributed by atoms with Gasteiger partial charge in [0.25, 0.3) is 0 Å². The number of carbonyl (C=O) groups is 2. The molecule has 0 aliphatic heterocycles. The zero-order chi connectivity index (χ0) is 17.5. The van der Waals surface area contributed by atoms with Gasteiger partial charge in [-0.15, -0.1) is 0 Å². The molecule has 4 nitrogen and oxygen atoms in total. The number of aliphatic carboxylic acids is 1. The van der Waals surface area contributed by atoms with E-state index in [4.69, 9.17) is 23.2 Å². The van der Waals surface area contributed by atoms with Gasteiger partial charge in [-0.05, 0) is 23.8 Å². The lowest BCUT2D eigenvalue weighted by Crippen LogP contribution is -2.35. The van der Waals surface area contributed by atoms with Gasteiger partial charge >= 0.3 is 5.97 Å². The van der Waals surface area contributed by atoms with Crippen LogP contribution >= 0.6 is 23.2 Å². The lowest BCUT2D eigenvalue weighted by Gasteiger charge is -2.12. The van der Waals surface area contributed by atoms with Crippen LogP contribution in [-0.2, 0) is 11.2 Å². The highest BCUT2D eigenvalue weighted by Crippen LogP contribution is 2.21. The highest BCUT2D eigenvalue weighted by Gasteiger charge is 2.16. The molecule has 124 valence electrons. The molecule has 2 aromatic rings. The molecular formula is C18H15Cl2NO3. The van der Waals surface area contributed by atoms with Crippen LogP contribution in [0.15, 0.2) is 60.8 Å². The first kappa shape index (κ1) is 18.0. The second kappa shape index (κ2) is 8.52. The number of benzene rings is 2. The minimum absolute atomic E-state index is 0.247. The van der Waals surface area contributed by atoms with Crippen molar-refractivity contribution in [2.24, 2.45) is 0 Å². The average Bonchev–Trinajstić information content (AvgIpc) is 2.54. The van der Waals surface area contributed by atoms with E-state index in [1.807, 2.05) is 30.3 Å².